The maximum atomic E-state index is 12.1. The van der Waals surface area contributed by atoms with Gasteiger partial charge in [-0.25, -0.2) is 13.1 Å². The minimum atomic E-state index is -3.53. The highest BCUT2D eigenvalue weighted by Crippen LogP contribution is 2.32. The van der Waals surface area contributed by atoms with Crippen LogP contribution >= 0.6 is 11.3 Å². The maximum absolute atomic E-state index is 12.1. The quantitative estimate of drug-likeness (QED) is 0.886. The third-order valence-corrected chi connectivity index (χ3v) is 5.68. The minimum Gasteiger partial charge on any atom is -0.387 e. The molecule has 0 fully saturated rings. The second-order valence-electron chi connectivity index (χ2n) is 4.49. The van der Waals surface area contributed by atoms with Crippen molar-refractivity contribution in [3.05, 3.63) is 52.2 Å². The van der Waals surface area contributed by atoms with Crippen molar-refractivity contribution in [3.63, 3.8) is 0 Å². The normalized spacial score (nSPS) is 24.9. The van der Waals surface area contributed by atoms with E-state index in [0.29, 0.717) is 12.0 Å². The van der Waals surface area contributed by atoms with Gasteiger partial charge in [-0.15, -0.1) is 11.3 Å². The Balaban J connectivity index is 1.99. The summed E-state index contributed by atoms with van der Waals surface area (Å²) in [5.74, 6) is 0. The monoisotopic (exact) mass is 295 g/mol. The molecule has 0 bridgehead atoms. The molecule has 0 saturated carbocycles. The molecule has 2 aromatic rings. The highest BCUT2D eigenvalue weighted by atomic mass is 32.2. The van der Waals surface area contributed by atoms with E-state index in [9.17, 15) is 13.5 Å². The Morgan fingerprint density at radius 3 is 2.74 bits per heavy atom. The molecule has 3 rings (SSSR count). The van der Waals surface area contributed by atoms with E-state index in [1.165, 1.54) is 6.07 Å². The lowest BCUT2D eigenvalue weighted by Crippen LogP contribution is -2.45. The van der Waals surface area contributed by atoms with Gasteiger partial charge >= 0.3 is 0 Å². The third-order valence-electron chi connectivity index (χ3n) is 3.22. The number of aliphatic hydroxyl groups is 1. The largest absolute Gasteiger partial charge is 0.387 e. The molecule has 2 N–H and O–H groups in total. The van der Waals surface area contributed by atoms with Crippen LogP contribution in [0.1, 0.15) is 16.5 Å². The average Bonchev–Trinajstić information content (AvgIpc) is 2.88. The number of benzene rings is 1. The number of fused-ring (bicyclic) bond motifs is 1. The van der Waals surface area contributed by atoms with Gasteiger partial charge in [0.25, 0.3) is 0 Å². The van der Waals surface area contributed by atoms with E-state index in [4.69, 9.17) is 0 Å². The number of rotatable bonds is 2. The van der Waals surface area contributed by atoms with E-state index in [1.54, 1.807) is 29.5 Å². The summed E-state index contributed by atoms with van der Waals surface area (Å²) in [6, 6.07) is 9.92. The molecule has 1 aromatic carbocycles. The molecule has 0 spiro atoms. The summed E-state index contributed by atoms with van der Waals surface area (Å²) in [5.41, 5.74) is 0.475. The van der Waals surface area contributed by atoms with Crippen molar-refractivity contribution in [2.75, 3.05) is 0 Å². The lowest BCUT2D eigenvalue weighted by Gasteiger charge is -2.30. The molecular weight excluding hydrogens is 282 g/mol. The Bertz CT molecular complexity index is 680. The van der Waals surface area contributed by atoms with Crippen LogP contribution in [0.2, 0.25) is 0 Å². The highest BCUT2D eigenvalue weighted by Gasteiger charge is 2.36. The van der Waals surface area contributed by atoms with Gasteiger partial charge in [-0.2, -0.15) is 0 Å². The molecule has 0 amide bonds. The smallest absolute Gasteiger partial charge is 0.241 e. The molecule has 2 heterocycles. The van der Waals surface area contributed by atoms with Crippen molar-refractivity contribution in [1.82, 2.24) is 4.72 Å². The first kappa shape index (κ1) is 12.8. The fourth-order valence-electron chi connectivity index (χ4n) is 2.31. The maximum Gasteiger partial charge on any atom is 0.241 e. The van der Waals surface area contributed by atoms with Crippen LogP contribution in [-0.4, -0.2) is 19.6 Å². The summed E-state index contributed by atoms with van der Waals surface area (Å²) < 4.78 is 26.8. The van der Waals surface area contributed by atoms with E-state index in [-0.39, 0.29) is 4.90 Å². The number of hydrogen-bond donors (Lipinski definition) is 2. The molecule has 2 atom stereocenters. The molecule has 1 aromatic heterocycles. The van der Waals surface area contributed by atoms with Gasteiger partial charge in [0.05, 0.1) is 17.0 Å². The average molecular weight is 295 g/mol. The van der Waals surface area contributed by atoms with Crippen molar-refractivity contribution in [2.24, 2.45) is 0 Å². The van der Waals surface area contributed by atoms with Crippen LogP contribution in [0.15, 0.2) is 46.7 Å². The number of nitrogens with one attached hydrogen (secondary N) is 1. The topological polar surface area (TPSA) is 66.4 Å². The third kappa shape index (κ3) is 2.32. The number of aliphatic hydroxyl groups excluding tert-OH is 1. The van der Waals surface area contributed by atoms with Crippen LogP contribution in [-0.2, 0) is 16.4 Å². The van der Waals surface area contributed by atoms with Gasteiger partial charge in [0.2, 0.25) is 10.0 Å². The lowest BCUT2D eigenvalue weighted by atomic mass is 9.99. The second-order valence-corrected chi connectivity index (χ2v) is 7.21. The molecule has 1 aliphatic heterocycles. The molecule has 0 aliphatic carbocycles. The van der Waals surface area contributed by atoms with Gasteiger partial charge < -0.3 is 5.11 Å². The van der Waals surface area contributed by atoms with E-state index in [1.807, 2.05) is 17.5 Å². The van der Waals surface area contributed by atoms with Crippen LogP contribution in [0.3, 0.4) is 0 Å². The van der Waals surface area contributed by atoms with Crippen LogP contribution in [0.4, 0.5) is 0 Å². The van der Waals surface area contributed by atoms with Gasteiger partial charge in [-0.05, 0) is 17.5 Å². The van der Waals surface area contributed by atoms with Crippen molar-refractivity contribution >= 4 is 21.4 Å². The second kappa shape index (κ2) is 4.72. The predicted molar refractivity (Wildman–Crippen MR) is 73.5 cm³/mol. The summed E-state index contributed by atoms with van der Waals surface area (Å²) in [5, 5.41) is 12.3. The van der Waals surface area contributed by atoms with Crippen LogP contribution in [0, 0.1) is 0 Å². The van der Waals surface area contributed by atoms with E-state index < -0.39 is 22.2 Å². The lowest BCUT2D eigenvalue weighted by molar-refractivity contribution is 0.132. The van der Waals surface area contributed by atoms with Gasteiger partial charge in [-0.3, -0.25) is 0 Å². The predicted octanol–water partition coefficient (Wildman–Crippen LogP) is 1.68. The fourth-order valence-corrected chi connectivity index (χ4v) is 4.57. The number of sulfonamides is 1. The standard InChI is InChI=1S/C13H13NO3S2/c15-13-10-5-1-2-6-12(10)19(16,17)14-11(13)8-9-4-3-7-18-9/h1-7,11,13-15H,8H2/t11-,13+/m1/s1. The molecule has 0 unspecified atom stereocenters. The molecule has 100 valence electrons. The Hall–Kier alpha value is -1.21. The number of hydrogen-bond acceptors (Lipinski definition) is 4. The van der Waals surface area contributed by atoms with Crippen molar-refractivity contribution < 1.29 is 13.5 Å². The van der Waals surface area contributed by atoms with Crippen molar-refractivity contribution in [3.8, 4) is 0 Å². The summed E-state index contributed by atoms with van der Waals surface area (Å²) in [7, 11) is -3.53. The summed E-state index contributed by atoms with van der Waals surface area (Å²) in [6.45, 7) is 0. The van der Waals surface area contributed by atoms with E-state index >= 15 is 0 Å². The first-order chi connectivity index (χ1) is 9.08. The Kier molecular flexibility index (Phi) is 3.18. The van der Waals surface area contributed by atoms with Crippen molar-refractivity contribution in [1.29, 1.82) is 0 Å². The van der Waals surface area contributed by atoms with Crippen molar-refractivity contribution in [2.45, 2.75) is 23.5 Å². The molecule has 4 nitrogen and oxygen atoms in total. The zero-order chi connectivity index (χ0) is 13.5. The summed E-state index contributed by atoms with van der Waals surface area (Å²) in [4.78, 5) is 1.22. The zero-order valence-electron chi connectivity index (χ0n) is 9.98. The molecule has 19 heavy (non-hydrogen) atoms. The zero-order valence-corrected chi connectivity index (χ0v) is 11.6. The molecular formula is C13H13NO3S2. The van der Waals surface area contributed by atoms with Gasteiger partial charge in [-0.1, -0.05) is 24.3 Å². The Morgan fingerprint density at radius 2 is 2.00 bits per heavy atom. The molecule has 1 aliphatic rings. The van der Waals surface area contributed by atoms with Gasteiger partial charge in [0, 0.05) is 16.9 Å². The summed E-state index contributed by atoms with van der Waals surface area (Å²) in [6.07, 6.45) is -0.325. The summed E-state index contributed by atoms with van der Waals surface area (Å²) >= 11 is 1.55. The van der Waals surface area contributed by atoms with E-state index in [0.717, 1.165) is 4.88 Å². The Labute approximate surface area is 115 Å². The SMILES string of the molecule is O=S1(=O)N[C@H](Cc2cccs2)[C@@H](O)c2ccccc21. The van der Waals surface area contributed by atoms with Crippen LogP contribution in [0.25, 0.3) is 0 Å². The Morgan fingerprint density at radius 1 is 1.21 bits per heavy atom. The van der Waals surface area contributed by atoms with Gasteiger partial charge in [0.15, 0.2) is 0 Å². The minimum absolute atomic E-state index is 0.171. The first-order valence-corrected chi connectivity index (χ1v) is 8.26. The highest BCUT2D eigenvalue weighted by molar-refractivity contribution is 7.89. The van der Waals surface area contributed by atoms with E-state index in [2.05, 4.69) is 4.72 Å². The van der Waals surface area contributed by atoms with Gasteiger partial charge in [0.1, 0.15) is 0 Å². The molecule has 0 radical (unpaired) electrons. The molecule has 6 heteroatoms. The molecule has 0 saturated heterocycles. The first-order valence-electron chi connectivity index (χ1n) is 5.89. The van der Waals surface area contributed by atoms with Crippen LogP contribution in [0.5, 0.6) is 0 Å². The fraction of sp³-hybridized carbons (Fsp3) is 0.231. The number of thiophene rings is 1. The van der Waals surface area contributed by atoms with Crippen LogP contribution < -0.4 is 4.72 Å².